The highest BCUT2D eigenvalue weighted by Gasteiger charge is 1.88. The van der Waals surface area contributed by atoms with Crippen LogP contribution in [0, 0.1) is 11.8 Å². The molecule has 1 rings (SSSR count). The molecule has 0 aromatic heterocycles. The van der Waals surface area contributed by atoms with Crippen molar-refractivity contribution in [2.45, 2.75) is 0 Å². The zero-order valence-electron chi connectivity index (χ0n) is 6.81. The predicted molar refractivity (Wildman–Crippen MR) is 49.2 cm³/mol. The van der Waals surface area contributed by atoms with Crippen LogP contribution in [-0.2, 0) is 0 Å². The van der Waals surface area contributed by atoms with Crippen molar-refractivity contribution in [2.75, 3.05) is 6.61 Å². The van der Waals surface area contributed by atoms with Crippen molar-refractivity contribution < 1.29 is 5.11 Å². The highest BCUT2D eigenvalue weighted by atomic mass is 16.2. The van der Waals surface area contributed by atoms with Gasteiger partial charge in [0.2, 0.25) is 0 Å². The van der Waals surface area contributed by atoms with Gasteiger partial charge >= 0.3 is 0 Å². The first-order valence-electron chi connectivity index (χ1n) is 3.61. The summed E-state index contributed by atoms with van der Waals surface area (Å²) in [5, 5.41) is 11.9. The number of rotatable bonds is 1. The Morgan fingerprint density at radius 3 is 3.08 bits per heavy atom. The number of hydrogen-bond donors (Lipinski definition) is 1. The van der Waals surface area contributed by atoms with Gasteiger partial charge in [-0.15, -0.1) is 0 Å². The van der Waals surface area contributed by atoms with Crippen molar-refractivity contribution in [1.29, 1.82) is 0 Å². The molecule has 1 aromatic carbocycles. The molecule has 0 unspecified atom stereocenters. The van der Waals surface area contributed by atoms with Crippen LogP contribution < -0.4 is 0 Å². The van der Waals surface area contributed by atoms with Crippen LogP contribution in [0.25, 0.3) is 10.4 Å². The van der Waals surface area contributed by atoms with Gasteiger partial charge < -0.3 is 5.11 Å². The highest BCUT2D eigenvalue weighted by Crippen LogP contribution is 2.13. The molecule has 0 spiro atoms. The Morgan fingerprint density at radius 1 is 1.54 bits per heavy atom. The maximum Gasteiger partial charge on any atom is 0.104 e. The molecule has 0 fully saturated rings. The molecule has 1 N–H and O–H groups in total. The van der Waals surface area contributed by atoms with Gasteiger partial charge in [-0.25, -0.2) is 0 Å². The predicted octanol–water partition coefficient (Wildman–Crippen LogP) is 1.97. The first-order valence-corrected chi connectivity index (χ1v) is 3.61. The minimum Gasteiger partial charge on any atom is -0.384 e. The molecule has 0 atom stereocenters. The van der Waals surface area contributed by atoms with E-state index in [1.54, 1.807) is 24.3 Å². The zero-order chi connectivity index (χ0) is 9.52. The van der Waals surface area contributed by atoms with E-state index >= 15 is 0 Å². The molecule has 0 saturated carbocycles. The van der Waals surface area contributed by atoms with Gasteiger partial charge in [0.05, 0.1) is 0 Å². The van der Waals surface area contributed by atoms with Crippen LogP contribution in [0.4, 0.5) is 5.69 Å². The quantitative estimate of drug-likeness (QED) is 0.300. The lowest BCUT2D eigenvalue weighted by Gasteiger charge is -1.91. The molecule has 1 aromatic rings. The topological polar surface area (TPSA) is 69.0 Å². The van der Waals surface area contributed by atoms with Gasteiger partial charge in [-0.3, -0.25) is 0 Å². The minimum absolute atomic E-state index is 0.175. The second-order valence-corrected chi connectivity index (χ2v) is 2.20. The highest BCUT2D eigenvalue weighted by molar-refractivity contribution is 5.46. The molecule has 0 heterocycles. The van der Waals surface area contributed by atoms with E-state index in [9.17, 15) is 0 Å². The average Bonchev–Trinajstić information content (AvgIpc) is 2.16. The van der Waals surface area contributed by atoms with Gasteiger partial charge in [0.1, 0.15) is 6.61 Å². The summed E-state index contributed by atoms with van der Waals surface area (Å²) in [7, 11) is 0. The molecule has 0 radical (unpaired) electrons. The summed E-state index contributed by atoms with van der Waals surface area (Å²) in [4.78, 5) is 2.65. The number of hydrogen-bond acceptors (Lipinski definition) is 2. The number of aliphatic hydroxyl groups is 1. The molecule has 0 aliphatic heterocycles. The lowest BCUT2D eigenvalue weighted by Crippen LogP contribution is -1.75. The third kappa shape index (κ3) is 2.88. The Labute approximate surface area is 75.5 Å². The Bertz CT molecular complexity index is 397. The second kappa shape index (κ2) is 4.83. The van der Waals surface area contributed by atoms with Gasteiger partial charge in [0, 0.05) is 16.2 Å². The third-order valence-electron chi connectivity index (χ3n) is 1.32. The monoisotopic (exact) mass is 173 g/mol. The summed E-state index contributed by atoms with van der Waals surface area (Å²) in [6.07, 6.45) is 0. The van der Waals surface area contributed by atoms with Crippen LogP contribution in [0.2, 0.25) is 0 Å². The van der Waals surface area contributed by atoms with Crippen LogP contribution in [0.3, 0.4) is 0 Å². The standard InChI is InChI=1S/C9H7N3O/c10-12-11-9-5-1-3-8(7-9)4-2-6-13/h1,3,5,7,13H,6H2. The lowest BCUT2D eigenvalue weighted by molar-refractivity contribution is 0.350. The fourth-order valence-corrected chi connectivity index (χ4v) is 0.839. The van der Waals surface area contributed by atoms with Crippen LogP contribution in [0.5, 0.6) is 0 Å². The normalized spacial score (nSPS) is 8.08. The van der Waals surface area contributed by atoms with E-state index in [-0.39, 0.29) is 6.61 Å². The van der Waals surface area contributed by atoms with Crippen molar-refractivity contribution >= 4 is 5.69 Å². The molecule has 0 aliphatic carbocycles. The molecule has 4 nitrogen and oxygen atoms in total. The summed E-state index contributed by atoms with van der Waals surface area (Å²) >= 11 is 0. The second-order valence-electron chi connectivity index (χ2n) is 2.20. The van der Waals surface area contributed by atoms with E-state index in [2.05, 4.69) is 21.9 Å². The maximum absolute atomic E-state index is 8.44. The van der Waals surface area contributed by atoms with E-state index in [0.29, 0.717) is 5.69 Å². The summed E-state index contributed by atoms with van der Waals surface area (Å²) in [6.45, 7) is -0.175. The fourth-order valence-electron chi connectivity index (χ4n) is 0.839. The SMILES string of the molecule is [N-]=[N+]=Nc1cccc(C#CCO)c1. The largest absolute Gasteiger partial charge is 0.384 e. The average molecular weight is 173 g/mol. The first-order chi connectivity index (χ1) is 6.36. The Morgan fingerprint density at radius 2 is 2.38 bits per heavy atom. The minimum atomic E-state index is -0.175. The van der Waals surface area contributed by atoms with Crippen molar-refractivity contribution in [3.63, 3.8) is 0 Å². The Kier molecular flexibility index (Phi) is 3.40. The summed E-state index contributed by atoms with van der Waals surface area (Å²) in [5.41, 5.74) is 9.41. The van der Waals surface area contributed by atoms with E-state index in [4.69, 9.17) is 10.6 Å². The van der Waals surface area contributed by atoms with Gasteiger partial charge in [0.25, 0.3) is 0 Å². The number of aliphatic hydroxyl groups excluding tert-OH is 1. The summed E-state index contributed by atoms with van der Waals surface area (Å²) in [6, 6.07) is 6.86. The number of benzene rings is 1. The van der Waals surface area contributed by atoms with E-state index in [1.807, 2.05) is 0 Å². The Balaban J connectivity index is 2.98. The van der Waals surface area contributed by atoms with E-state index in [1.165, 1.54) is 0 Å². The van der Waals surface area contributed by atoms with Crippen molar-refractivity contribution in [1.82, 2.24) is 0 Å². The summed E-state index contributed by atoms with van der Waals surface area (Å²) in [5.74, 6) is 5.21. The molecule has 0 amide bonds. The fraction of sp³-hybridized carbons (Fsp3) is 0.111. The van der Waals surface area contributed by atoms with Gasteiger partial charge in [-0.1, -0.05) is 29.1 Å². The van der Waals surface area contributed by atoms with Crippen molar-refractivity contribution in [2.24, 2.45) is 5.11 Å². The van der Waals surface area contributed by atoms with Crippen LogP contribution >= 0.6 is 0 Å². The Hall–Kier alpha value is -1.95. The summed E-state index contributed by atoms with van der Waals surface area (Å²) < 4.78 is 0. The zero-order valence-corrected chi connectivity index (χ0v) is 6.81. The molecule has 0 bridgehead atoms. The van der Waals surface area contributed by atoms with Gasteiger partial charge in [-0.05, 0) is 17.7 Å². The van der Waals surface area contributed by atoms with Crippen LogP contribution in [-0.4, -0.2) is 11.7 Å². The smallest absolute Gasteiger partial charge is 0.104 e. The third-order valence-corrected chi connectivity index (χ3v) is 1.32. The van der Waals surface area contributed by atoms with E-state index in [0.717, 1.165) is 5.56 Å². The molecule has 0 saturated heterocycles. The van der Waals surface area contributed by atoms with Gasteiger partial charge in [0.15, 0.2) is 0 Å². The molecular formula is C9H7N3O. The number of azide groups is 1. The van der Waals surface area contributed by atoms with E-state index < -0.39 is 0 Å². The van der Waals surface area contributed by atoms with Crippen LogP contribution in [0.1, 0.15) is 5.56 Å². The van der Waals surface area contributed by atoms with Crippen molar-refractivity contribution in [3.05, 3.63) is 40.3 Å². The maximum atomic E-state index is 8.44. The lowest BCUT2D eigenvalue weighted by atomic mass is 10.2. The molecule has 0 aliphatic rings. The molecule has 4 heteroatoms. The molecular weight excluding hydrogens is 166 g/mol. The van der Waals surface area contributed by atoms with Crippen LogP contribution in [0.15, 0.2) is 29.4 Å². The first kappa shape index (κ1) is 9.14. The van der Waals surface area contributed by atoms with Crippen molar-refractivity contribution in [3.8, 4) is 11.8 Å². The molecule has 64 valence electrons. The molecule has 13 heavy (non-hydrogen) atoms. The number of nitrogens with zero attached hydrogens (tertiary/aromatic N) is 3. The van der Waals surface area contributed by atoms with Gasteiger partial charge in [-0.2, -0.15) is 0 Å².